The number of rotatable bonds is 4. The van der Waals surface area contributed by atoms with Gasteiger partial charge in [0.2, 0.25) is 0 Å². The Labute approximate surface area is 151 Å². The first-order chi connectivity index (χ1) is 11.2. The lowest BCUT2D eigenvalue weighted by atomic mass is 9.97. The molecular formula is C16H15BrFNO4S. The second-order valence-corrected chi connectivity index (χ2v) is 9.10. The molecule has 2 aliphatic heterocycles. The number of fused-ring (bicyclic) bond motifs is 1. The molecule has 2 heterocycles. The number of halogens is 2. The molecule has 1 amide bonds. The minimum atomic E-state index is -2.15. The molecule has 0 bridgehead atoms. The van der Waals surface area contributed by atoms with Crippen molar-refractivity contribution in [3.8, 4) is 0 Å². The first-order valence-corrected chi connectivity index (χ1v) is 8.97. The van der Waals surface area contributed by atoms with E-state index in [1.807, 2.05) is 0 Å². The zero-order valence-electron chi connectivity index (χ0n) is 13.0. The lowest BCUT2D eigenvalue weighted by Gasteiger charge is -2.44. The molecule has 1 aromatic carbocycles. The van der Waals surface area contributed by atoms with Gasteiger partial charge < -0.3 is 9.64 Å². The number of benzene rings is 1. The van der Waals surface area contributed by atoms with Gasteiger partial charge in [-0.1, -0.05) is 30.3 Å². The maximum atomic E-state index is 14.2. The summed E-state index contributed by atoms with van der Waals surface area (Å²) in [5, 5.41) is -0.776. The minimum absolute atomic E-state index is 0.334. The number of carbonyl (C=O) groups is 3. The zero-order chi connectivity index (χ0) is 17.7. The zero-order valence-corrected chi connectivity index (χ0v) is 15.4. The van der Waals surface area contributed by atoms with Crippen molar-refractivity contribution in [1.82, 2.24) is 4.90 Å². The molecule has 0 N–H and O–H groups in total. The van der Waals surface area contributed by atoms with Crippen molar-refractivity contribution in [3.05, 3.63) is 35.9 Å². The Hall–Kier alpha value is -1.41. The number of alkyl halides is 2. The van der Waals surface area contributed by atoms with Crippen LogP contribution in [0.15, 0.2) is 30.3 Å². The molecule has 3 rings (SSSR count). The molecule has 2 aliphatic rings. The first-order valence-electron chi connectivity index (χ1n) is 7.29. The van der Waals surface area contributed by atoms with Crippen molar-refractivity contribution in [3.63, 3.8) is 0 Å². The van der Waals surface area contributed by atoms with Crippen LogP contribution in [0.25, 0.3) is 0 Å². The normalized spacial score (nSPS) is 30.5. The van der Waals surface area contributed by atoms with Crippen molar-refractivity contribution in [1.29, 1.82) is 0 Å². The van der Waals surface area contributed by atoms with E-state index in [1.165, 1.54) is 16.7 Å². The number of hydrogen-bond acceptors (Lipinski definition) is 5. The van der Waals surface area contributed by atoms with Gasteiger partial charge in [-0.3, -0.25) is 9.59 Å². The van der Waals surface area contributed by atoms with E-state index in [0.29, 0.717) is 5.56 Å². The molecule has 0 aliphatic carbocycles. The van der Waals surface area contributed by atoms with E-state index < -0.39 is 39.2 Å². The SMILES string of the molecule is CC1(C)S[C@H]2N(C(=O)C2(F)Br)[C@H]1C(=O)OCC(=O)c1ccccc1. The predicted octanol–water partition coefficient (Wildman–Crippen LogP) is 2.54. The van der Waals surface area contributed by atoms with Crippen molar-refractivity contribution in [2.45, 2.75) is 34.6 Å². The maximum absolute atomic E-state index is 14.2. The summed E-state index contributed by atoms with van der Waals surface area (Å²) in [6, 6.07) is 7.54. The summed E-state index contributed by atoms with van der Waals surface area (Å²) < 4.78 is 16.4. The number of esters is 1. The van der Waals surface area contributed by atoms with E-state index >= 15 is 0 Å². The molecule has 0 aromatic heterocycles. The van der Waals surface area contributed by atoms with Crippen molar-refractivity contribution in [2.75, 3.05) is 6.61 Å². The highest BCUT2D eigenvalue weighted by Gasteiger charge is 2.72. The largest absolute Gasteiger partial charge is 0.456 e. The van der Waals surface area contributed by atoms with Gasteiger partial charge in [0, 0.05) is 10.3 Å². The van der Waals surface area contributed by atoms with Crippen LogP contribution < -0.4 is 0 Å². The molecule has 0 saturated carbocycles. The fourth-order valence-electron chi connectivity index (χ4n) is 2.88. The van der Waals surface area contributed by atoms with Gasteiger partial charge in [0.15, 0.2) is 12.4 Å². The molecule has 8 heteroatoms. The van der Waals surface area contributed by atoms with Gasteiger partial charge in [0.1, 0.15) is 11.4 Å². The highest BCUT2D eigenvalue weighted by Crippen LogP contribution is 2.58. The average molecular weight is 416 g/mol. The highest BCUT2D eigenvalue weighted by atomic mass is 79.9. The number of thioether (sulfide) groups is 1. The summed E-state index contributed by atoms with van der Waals surface area (Å²) >= 11 is 3.97. The second kappa shape index (κ2) is 5.84. The van der Waals surface area contributed by atoms with Gasteiger partial charge in [-0.25, -0.2) is 9.18 Å². The van der Waals surface area contributed by atoms with Crippen molar-refractivity contribution in [2.24, 2.45) is 0 Å². The standard InChI is InChI=1S/C16H15BrFNO4S/c1-15(2)11(19-13(22)16(17,18)14(19)24-15)12(21)23-8-10(20)9-6-4-3-5-7-9/h3-7,11,14H,8H2,1-2H3/t11-,14+,16?/m0/s1. The fourth-order valence-corrected chi connectivity index (χ4v) is 5.08. The summed E-state index contributed by atoms with van der Waals surface area (Å²) in [6.07, 6.45) is 0. The van der Waals surface area contributed by atoms with E-state index in [4.69, 9.17) is 4.74 Å². The van der Waals surface area contributed by atoms with E-state index in [-0.39, 0.29) is 5.78 Å². The Morgan fingerprint density at radius 3 is 2.58 bits per heavy atom. The number of hydrogen-bond donors (Lipinski definition) is 0. The molecule has 2 fully saturated rings. The van der Waals surface area contributed by atoms with Crippen LogP contribution in [0, 0.1) is 0 Å². The molecule has 3 atom stereocenters. The summed E-state index contributed by atoms with van der Waals surface area (Å²) in [6.45, 7) is 3.08. The lowest BCUT2D eigenvalue weighted by Crippen LogP contribution is -2.69. The Bertz CT molecular complexity index is 709. The molecule has 5 nitrogen and oxygen atoms in total. The van der Waals surface area contributed by atoms with Gasteiger partial charge in [0.05, 0.1) is 0 Å². The van der Waals surface area contributed by atoms with Gasteiger partial charge in [-0.15, -0.1) is 11.8 Å². The Morgan fingerprint density at radius 1 is 1.33 bits per heavy atom. The Kier molecular flexibility index (Phi) is 4.24. The molecule has 0 radical (unpaired) electrons. The van der Waals surface area contributed by atoms with Crippen LogP contribution in [-0.2, 0) is 14.3 Å². The predicted molar refractivity (Wildman–Crippen MR) is 90.6 cm³/mol. The lowest BCUT2D eigenvalue weighted by molar-refractivity contribution is -0.168. The highest BCUT2D eigenvalue weighted by molar-refractivity contribution is 9.10. The summed E-state index contributed by atoms with van der Waals surface area (Å²) in [5.41, 5.74) is 0.437. The van der Waals surface area contributed by atoms with E-state index in [1.54, 1.807) is 44.2 Å². The van der Waals surface area contributed by atoms with Gasteiger partial charge >= 0.3 is 5.97 Å². The third kappa shape index (κ3) is 2.65. The Balaban J connectivity index is 1.69. The number of nitrogens with zero attached hydrogens (tertiary/aromatic N) is 1. The molecule has 128 valence electrons. The summed E-state index contributed by atoms with van der Waals surface area (Å²) in [4.78, 5) is 37.6. The number of carbonyl (C=O) groups excluding carboxylic acids is 3. The second-order valence-electron chi connectivity index (χ2n) is 6.21. The van der Waals surface area contributed by atoms with Crippen LogP contribution in [-0.4, -0.2) is 49.9 Å². The third-order valence-corrected chi connectivity index (χ3v) is 6.78. The number of β-lactam (4-membered cyclic amide) rings is 1. The summed E-state index contributed by atoms with van der Waals surface area (Å²) in [7, 11) is 0. The maximum Gasteiger partial charge on any atom is 0.330 e. The fraction of sp³-hybridized carbons (Fsp3) is 0.438. The molecule has 2 saturated heterocycles. The summed E-state index contributed by atoms with van der Waals surface area (Å²) in [5.74, 6) is -1.82. The quantitative estimate of drug-likeness (QED) is 0.327. The topological polar surface area (TPSA) is 63.7 Å². The van der Waals surface area contributed by atoms with Crippen LogP contribution in [0.5, 0.6) is 0 Å². The van der Waals surface area contributed by atoms with Crippen LogP contribution in [0.2, 0.25) is 0 Å². The number of amides is 1. The first kappa shape index (κ1) is 17.4. The number of Topliss-reactive ketones (excluding diaryl/α,β-unsaturated/α-hetero) is 1. The molecular weight excluding hydrogens is 401 g/mol. The minimum Gasteiger partial charge on any atom is -0.456 e. The van der Waals surface area contributed by atoms with Gasteiger partial charge in [-0.2, -0.15) is 0 Å². The van der Waals surface area contributed by atoms with Crippen LogP contribution in [0.4, 0.5) is 4.39 Å². The number of ether oxygens (including phenoxy) is 1. The van der Waals surface area contributed by atoms with Gasteiger partial charge in [-0.05, 0) is 29.8 Å². The van der Waals surface area contributed by atoms with E-state index in [9.17, 15) is 18.8 Å². The van der Waals surface area contributed by atoms with Crippen molar-refractivity contribution >= 4 is 45.4 Å². The average Bonchev–Trinajstić information content (AvgIpc) is 2.83. The molecule has 24 heavy (non-hydrogen) atoms. The van der Waals surface area contributed by atoms with E-state index in [0.717, 1.165) is 0 Å². The van der Waals surface area contributed by atoms with Gasteiger partial charge in [0.25, 0.3) is 10.5 Å². The molecule has 1 aromatic rings. The molecule has 1 unspecified atom stereocenters. The number of ketones is 1. The van der Waals surface area contributed by atoms with Crippen molar-refractivity contribution < 1.29 is 23.5 Å². The monoisotopic (exact) mass is 415 g/mol. The van der Waals surface area contributed by atoms with Crippen LogP contribution in [0.3, 0.4) is 0 Å². The van der Waals surface area contributed by atoms with Crippen LogP contribution in [0.1, 0.15) is 24.2 Å². The molecule has 0 spiro atoms. The third-order valence-electron chi connectivity index (χ3n) is 4.10. The van der Waals surface area contributed by atoms with Crippen LogP contribution >= 0.6 is 27.7 Å². The Morgan fingerprint density at radius 2 is 1.96 bits per heavy atom. The smallest absolute Gasteiger partial charge is 0.330 e. The van der Waals surface area contributed by atoms with E-state index in [2.05, 4.69) is 15.9 Å².